The molecule has 1 aliphatic rings. The van der Waals surface area contributed by atoms with Crippen molar-refractivity contribution in [2.24, 2.45) is 5.41 Å². The smallest absolute Gasteiger partial charge is 0.322 e. The summed E-state index contributed by atoms with van der Waals surface area (Å²) in [5.74, 6) is -1.46. The normalized spacial score (nSPS) is 21.7. The molecule has 0 aromatic heterocycles. The maximum absolute atomic E-state index is 11.1. The number of carboxylic acids is 1. The second-order valence-corrected chi connectivity index (χ2v) is 3.91. The summed E-state index contributed by atoms with van der Waals surface area (Å²) in [5.41, 5.74) is -1.03. The molecule has 78 valence electrons. The number of carbonyl (C=O) groups excluding carboxylic acids is 2. The molecule has 0 aliphatic carbocycles. The van der Waals surface area contributed by atoms with Crippen molar-refractivity contribution in [3.05, 3.63) is 0 Å². The van der Waals surface area contributed by atoms with E-state index in [-0.39, 0.29) is 6.42 Å². The summed E-state index contributed by atoms with van der Waals surface area (Å²) in [5, 5.41) is 13.2. The van der Waals surface area contributed by atoms with Gasteiger partial charge >= 0.3 is 12.0 Å². The summed E-state index contributed by atoms with van der Waals surface area (Å²) in [7, 11) is 0. The van der Waals surface area contributed by atoms with Crippen molar-refractivity contribution in [3.63, 3.8) is 0 Å². The average Bonchev–Trinajstić information content (AvgIpc) is 2.29. The van der Waals surface area contributed by atoms with Crippen LogP contribution < -0.4 is 10.6 Å². The summed E-state index contributed by atoms with van der Waals surface area (Å²) in [6.45, 7) is 3.01. The lowest BCUT2D eigenvalue weighted by atomic mass is 9.86. The van der Waals surface area contributed by atoms with E-state index in [0.29, 0.717) is 0 Å². The molecular formula is C8H12N2O4. The van der Waals surface area contributed by atoms with E-state index in [4.69, 9.17) is 5.11 Å². The molecule has 1 fully saturated rings. The van der Waals surface area contributed by atoms with E-state index in [1.54, 1.807) is 0 Å². The van der Waals surface area contributed by atoms with Gasteiger partial charge in [-0.05, 0) is 20.3 Å². The van der Waals surface area contributed by atoms with Crippen molar-refractivity contribution in [1.29, 1.82) is 0 Å². The molecule has 3 amide bonds. The van der Waals surface area contributed by atoms with Gasteiger partial charge in [0.1, 0.15) is 6.04 Å². The van der Waals surface area contributed by atoms with Crippen molar-refractivity contribution in [2.75, 3.05) is 0 Å². The first-order valence-electron chi connectivity index (χ1n) is 4.18. The van der Waals surface area contributed by atoms with E-state index in [0.717, 1.165) is 0 Å². The minimum absolute atomic E-state index is 0.0832. The minimum atomic E-state index is -1.03. The third kappa shape index (κ3) is 2.01. The van der Waals surface area contributed by atoms with Crippen LogP contribution in [0.15, 0.2) is 0 Å². The first-order valence-corrected chi connectivity index (χ1v) is 4.18. The number of rotatable bonds is 3. The Morgan fingerprint density at radius 2 is 2.07 bits per heavy atom. The summed E-state index contributed by atoms with van der Waals surface area (Å²) < 4.78 is 0. The predicted molar refractivity (Wildman–Crippen MR) is 46.5 cm³/mol. The number of urea groups is 1. The zero-order valence-electron chi connectivity index (χ0n) is 7.96. The fourth-order valence-electron chi connectivity index (χ4n) is 1.20. The average molecular weight is 200 g/mol. The van der Waals surface area contributed by atoms with Gasteiger partial charge in [0.15, 0.2) is 0 Å². The van der Waals surface area contributed by atoms with Gasteiger partial charge < -0.3 is 10.4 Å². The topological polar surface area (TPSA) is 95.5 Å². The molecule has 14 heavy (non-hydrogen) atoms. The Labute approximate surface area is 80.7 Å². The molecule has 0 saturated carbocycles. The number of nitrogens with one attached hydrogen (secondary N) is 2. The molecule has 0 radical (unpaired) electrons. The Kier molecular flexibility index (Phi) is 2.46. The SMILES string of the molecule is CC(C)(CC1NC(=O)NC1=O)C(=O)O. The first kappa shape index (κ1) is 10.5. The molecule has 3 N–H and O–H groups in total. The molecule has 1 aliphatic heterocycles. The van der Waals surface area contributed by atoms with Gasteiger partial charge in [-0.15, -0.1) is 0 Å². The number of amides is 3. The maximum Gasteiger partial charge on any atom is 0.322 e. The maximum atomic E-state index is 11.1. The molecule has 1 rings (SSSR count). The Bertz CT molecular complexity index is 298. The zero-order chi connectivity index (χ0) is 10.9. The monoisotopic (exact) mass is 200 g/mol. The quantitative estimate of drug-likeness (QED) is 0.545. The van der Waals surface area contributed by atoms with Crippen molar-refractivity contribution in [2.45, 2.75) is 26.3 Å². The van der Waals surface area contributed by atoms with Crippen molar-refractivity contribution in [1.82, 2.24) is 10.6 Å². The predicted octanol–water partition coefficient (Wildman–Crippen LogP) is -0.305. The number of aliphatic carboxylic acids is 1. The lowest BCUT2D eigenvalue weighted by Crippen LogP contribution is -2.37. The van der Waals surface area contributed by atoms with E-state index < -0.39 is 29.4 Å². The van der Waals surface area contributed by atoms with Crippen molar-refractivity contribution in [3.8, 4) is 0 Å². The van der Waals surface area contributed by atoms with Gasteiger partial charge in [0.25, 0.3) is 5.91 Å². The highest BCUT2D eigenvalue weighted by Gasteiger charge is 2.38. The van der Waals surface area contributed by atoms with Gasteiger partial charge in [-0.2, -0.15) is 0 Å². The fourth-order valence-corrected chi connectivity index (χ4v) is 1.20. The summed E-state index contributed by atoms with van der Waals surface area (Å²) in [6.07, 6.45) is 0.0832. The summed E-state index contributed by atoms with van der Waals surface area (Å²) in [6, 6.07) is -1.31. The Balaban J connectivity index is 2.65. The second-order valence-electron chi connectivity index (χ2n) is 3.91. The molecule has 1 heterocycles. The summed E-state index contributed by atoms with van der Waals surface area (Å²) >= 11 is 0. The van der Waals surface area contributed by atoms with Gasteiger partial charge in [0.05, 0.1) is 5.41 Å². The number of hydrogen-bond acceptors (Lipinski definition) is 3. The van der Waals surface area contributed by atoms with Gasteiger partial charge in [-0.1, -0.05) is 0 Å². The number of hydrogen-bond donors (Lipinski definition) is 3. The van der Waals surface area contributed by atoms with E-state index in [2.05, 4.69) is 5.32 Å². The molecule has 0 spiro atoms. The molecule has 6 nitrogen and oxygen atoms in total. The molecule has 0 aromatic carbocycles. The van der Waals surface area contributed by atoms with Gasteiger partial charge in [0, 0.05) is 0 Å². The second kappa shape index (κ2) is 3.28. The van der Waals surface area contributed by atoms with E-state index in [9.17, 15) is 14.4 Å². The van der Waals surface area contributed by atoms with Crippen molar-refractivity contribution < 1.29 is 19.5 Å². The van der Waals surface area contributed by atoms with E-state index in [1.807, 2.05) is 5.32 Å². The molecular weight excluding hydrogens is 188 g/mol. The van der Waals surface area contributed by atoms with Crippen LogP contribution in [0.1, 0.15) is 20.3 Å². The Hall–Kier alpha value is -1.59. The third-order valence-corrected chi connectivity index (χ3v) is 2.15. The molecule has 1 saturated heterocycles. The first-order chi connectivity index (χ1) is 6.33. The molecule has 1 atom stereocenters. The highest BCUT2D eigenvalue weighted by molar-refractivity contribution is 6.04. The van der Waals surface area contributed by atoms with Crippen LogP contribution in [-0.4, -0.2) is 29.1 Å². The zero-order valence-corrected chi connectivity index (χ0v) is 7.96. The van der Waals surface area contributed by atoms with Crippen LogP contribution >= 0.6 is 0 Å². The Morgan fingerprint density at radius 3 is 2.43 bits per heavy atom. The van der Waals surface area contributed by atoms with Crippen molar-refractivity contribution >= 4 is 17.9 Å². The largest absolute Gasteiger partial charge is 0.481 e. The van der Waals surface area contributed by atoms with Crippen LogP contribution in [0.4, 0.5) is 4.79 Å². The van der Waals surface area contributed by atoms with E-state index in [1.165, 1.54) is 13.8 Å². The highest BCUT2D eigenvalue weighted by atomic mass is 16.4. The van der Waals surface area contributed by atoms with Crippen LogP contribution in [0.2, 0.25) is 0 Å². The van der Waals surface area contributed by atoms with Crippen LogP contribution in [0.25, 0.3) is 0 Å². The van der Waals surface area contributed by atoms with Gasteiger partial charge in [-0.25, -0.2) is 4.79 Å². The molecule has 0 aromatic rings. The lowest BCUT2D eigenvalue weighted by molar-refractivity contribution is -0.147. The number of carbonyl (C=O) groups is 3. The summed E-state index contributed by atoms with van der Waals surface area (Å²) in [4.78, 5) is 32.6. The number of carboxylic acid groups (broad SMARTS) is 1. The van der Waals surface area contributed by atoms with Crippen LogP contribution in [0.3, 0.4) is 0 Å². The molecule has 6 heteroatoms. The van der Waals surface area contributed by atoms with Gasteiger partial charge in [-0.3, -0.25) is 14.9 Å². The van der Waals surface area contributed by atoms with Crippen LogP contribution in [0, 0.1) is 5.41 Å². The minimum Gasteiger partial charge on any atom is -0.481 e. The van der Waals surface area contributed by atoms with Gasteiger partial charge in [0.2, 0.25) is 0 Å². The lowest BCUT2D eigenvalue weighted by Gasteiger charge is -2.21. The fraction of sp³-hybridized carbons (Fsp3) is 0.625. The van der Waals surface area contributed by atoms with Crippen LogP contribution in [-0.2, 0) is 9.59 Å². The number of imide groups is 1. The third-order valence-electron chi connectivity index (χ3n) is 2.15. The highest BCUT2D eigenvalue weighted by Crippen LogP contribution is 2.23. The molecule has 0 bridgehead atoms. The molecule has 1 unspecified atom stereocenters. The van der Waals surface area contributed by atoms with Crippen LogP contribution in [0.5, 0.6) is 0 Å². The standard InChI is InChI=1S/C8H12N2O4/c1-8(2,6(12)13)3-4-5(11)10-7(14)9-4/h4H,3H2,1-2H3,(H,12,13)(H2,9,10,11,14). The van der Waals surface area contributed by atoms with E-state index >= 15 is 0 Å². The Morgan fingerprint density at radius 1 is 1.50 bits per heavy atom.